The first-order valence-electron chi connectivity index (χ1n) is 17.3. The van der Waals surface area contributed by atoms with E-state index >= 15 is 0 Å². The number of nitrogens with zero attached hydrogens (tertiary/aromatic N) is 1. The van der Waals surface area contributed by atoms with Crippen LogP contribution in [-0.4, -0.2) is 53.9 Å². The minimum Gasteiger partial charge on any atom is -0.423 e. The van der Waals surface area contributed by atoms with Gasteiger partial charge in [0.2, 0.25) is 0 Å². The van der Waals surface area contributed by atoms with E-state index in [0.29, 0.717) is 35.8 Å². The summed E-state index contributed by atoms with van der Waals surface area (Å²) in [6.45, 7) is 8.57. The van der Waals surface area contributed by atoms with Crippen molar-refractivity contribution in [1.29, 1.82) is 0 Å². The Labute approximate surface area is 303 Å². The summed E-state index contributed by atoms with van der Waals surface area (Å²) in [6.07, 6.45) is 2.02. The van der Waals surface area contributed by atoms with E-state index in [0.717, 1.165) is 35.1 Å². The Balaban J connectivity index is 1.16. The van der Waals surface area contributed by atoms with Crippen LogP contribution in [0.25, 0.3) is 22.3 Å². The average Bonchev–Trinajstić information content (AvgIpc) is 3.19. The Morgan fingerprint density at radius 2 is 0.904 bits per heavy atom. The van der Waals surface area contributed by atoms with Crippen molar-refractivity contribution >= 4 is 23.5 Å². The summed E-state index contributed by atoms with van der Waals surface area (Å²) in [6, 6.07) is 31.2. The lowest BCUT2D eigenvalue weighted by atomic mass is 10.0. The summed E-state index contributed by atoms with van der Waals surface area (Å²) in [5.41, 5.74) is 4.77. The van der Waals surface area contributed by atoms with E-state index in [-0.39, 0.29) is 22.8 Å². The summed E-state index contributed by atoms with van der Waals surface area (Å²) in [5, 5.41) is 0. The van der Waals surface area contributed by atoms with E-state index in [9.17, 15) is 19.2 Å². The molecule has 0 bridgehead atoms. The molecule has 1 heterocycles. The van der Waals surface area contributed by atoms with Crippen LogP contribution in [0.5, 0.6) is 11.5 Å². The quantitative estimate of drug-likeness (QED) is 0.0565. The van der Waals surface area contributed by atoms with Crippen molar-refractivity contribution in [2.24, 2.45) is 0 Å². The molecular weight excluding hydrogens is 658 g/mol. The molecule has 0 spiro atoms. The molecule has 52 heavy (non-hydrogen) atoms. The molecule has 5 rings (SSSR count). The topological polar surface area (TPSA) is 118 Å². The molecule has 0 fully saturated rings. The van der Waals surface area contributed by atoms with E-state index in [1.807, 2.05) is 50.2 Å². The van der Waals surface area contributed by atoms with Crippen molar-refractivity contribution in [3.8, 4) is 33.8 Å². The average molecular weight is 700 g/mol. The number of ether oxygens (including phenoxy) is 4. The number of hydrogen-bond donors (Lipinski definition) is 0. The maximum atomic E-state index is 13.0. The summed E-state index contributed by atoms with van der Waals surface area (Å²) in [7, 11) is 0. The number of carbonyl (C=O) groups excluding carboxylic acids is 4. The van der Waals surface area contributed by atoms with Gasteiger partial charge in [0.05, 0.1) is 5.56 Å². The SMILES string of the molecule is CCCOC(C)C(=O)c1ccc(-c2ccc(OC(=O)c3ccnc(C(=O)Oc4ccc(-c5ccc(C(=O)C(C)OCCC)cc5)cc4)c3)cc2)cc1. The van der Waals surface area contributed by atoms with Crippen molar-refractivity contribution in [3.05, 3.63) is 138 Å². The summed E-state index contributed by atoms with van der Waals surface area (Å²) >= 11 is 0. The third-order valence-corrected chi connectivity index (χ3v) is 8.22. The van der Waals surface area contributed by atoms with E-state index in [2.05, 4.69) is 4.98 Å². The Bertz CT molecular complexity index is 1840. The van der Waals surface area contributed by atoms with Crippen molar-refractivity contribution in [2.45, 2.75) is 52.7 Å². The largest absolute Gasteiger partial charge is 0.423 e. The number of esters is 2. The molecule has 5 aromatic rings. The molecule has 4 aromatic carbocycles. The third kappa shape index (κ3) is 9.72. The highest BCUT2D eigenvalue weighted by Gasteiger charge is 2.18. The predicted molar refractivity (Wildman–Crippen MR) is 198 cm³/mol. The number of pyridine rings is 1. The van der Waals surface area contributed by atoms with Gasteiger partial charge in [0.25, 0.3) is 0 Å². The molecule has 9 nitrogen and oxygen atoms in total. The molecule has 0 aliphatic rings. The lowest BCUT2D eigenvalue weighted by molar-refractivity contribution is 0.0477. The van der Waals surface area contributed by atoms with Crippen LogP contribution < -0.4 is 9.47 Å². The van der Waals surface area contributed by atoms with Gasteiger partial charge in [-0.25, -0.2) is 14.6 Å². The van der Waals surface area contributed by atoms with E-state index in [1.165, 1.54) is 18.3 Å². The maximum Gasteiger partial charge on any atom is 0.362 e. The molecule has 2 unspecified atom stereocenters. The molecule has 0 saturated carbocycles. The van der Waals surface area contributed by atoms with Gasteiger partial charge in [-0.3, -0.25) is 9.59 Å². The first kappa shape index (κ1) is 37.5. The fourth-order valence-corrected chi connectivity index (χ4v) is 5.29. The predicted octanol–water partition coefficient (Wildman–Crippen LogP) is 8.85. The first-order valence-corrected chi connectivity index (χ1v) is 17.3. The van der Waals surface area contributed by atoms with Crippen LogP contribution in [0.3, 0.4) is 0 Å². The molecule has 0 amide bonds. The highest BCUT2D eigenvalue weighted by Crippen LogP contribution is 2.26. The molecule has 0 aliphatic heterocycles. The molecule has 2 atom stereocenters. The second-order valence-electron chi connectivity index (χ2n) is 12.2. The minimum atomic E-state index is -0.732. The van der Waals surface area contributed by atoms with Crippen LogP contribution in [0.2, 0.25) is 0 Å². The van der Waals surface area contributed by atoms with Gasteiger partial charge in [0, 0.05) is 30.5 Å². The molecular formula is C43H41NO8. The highest BCUT2D eigenvalue weighted by atomic mass is 16.5. The van der Waals surface area contributed by atoms with Crippen LogP contribution in [0.4, 0.5) is 0 Å². The summed E-state index contributed by atoms with van der Waals surface area (Å²) in [5.74, 6) is -0.910. The normalized spacial score (nSPS) is 12.1. The zero-order valence-electron chi connectivity index (χ0n) is 29.7. The Morgan fingerprint density at radius 1 is 0.519 bits per heavy atom. The van der Waals surface area contributed by atoms with Gasteiger partial charge in [0.15, 0.2) is 11.6 Å². The molecule has 0 saturated heterocycles. The Morgan fingerprint density at radius 3 is 1.31 bits per heavy atom. The van der Waals surface area contributed by atoms with Crippen molar-refractivity contribution in [2.75, 3.05) is 13.2 Å². The molecule has 0 aliphatic carbocycles. The minimum absolute atomic E-state index is 0.0560. The number of carbonyl (C=O) groups is 4. The third-order valence-electron chi connectivity index (χ3n) is 8.22. The van der Waals surface area contributed by atoms with Gasteiger partial charge >= 0.3 is 11.9 Å². The number of ketones is 2. The molecule has 1 aromatic heterocycles. The van der Waals surface area contributed by atoms with Crippen LogP contribution in [0.15, 0.2) is 115 Å². The molecule has 9 heteroatoms. The van der Waals surface area contributed by atoms with Crippen LogP contribution >= 0.6 is 0 Å². The lowest BCUT2D eigenvalue weighted by Gasteiger charge is -2.12. The van der Waals surface area contributed by atoms with Crippen LogP contribution in [0, 0.1) is 0 Å². The molecule has 0 radical (unpaired) electrons. The maximum absolute atomic E-state index is 13.0. The van der Waals surface area contributed by atoms with E-state index < -0.39 is 24.1 Å². The number of rotatable bonds is 16. The number of Topliss-reactive ketones (excluding diaryl/α,β-unsaturated/α-hetero) is 2. The molecule has 266 valence electrons. The zero-order chi connectivity index (χ0) is 37.0. The Kier molecular flexibility index (Phi) is 12.9. The number of hydrogen-bond acceptors (Lipinski definition) is 9. The first-order chi connectivity index (χ1) is 25.2. The second kappa shape index (κ2) is 17.9. The number of aromatic nitrogens is 1. The van der Waals surface area contributed by atoms with Crippen LogP contribution in [0.1, 0.15) is 82.1 Å². The van der Waals surface area contributed by atoms with Gasteiger partial charge in [0.1, 0.15) is 29.4 Å². The van der Waals surface area contributed by atoms with Crippen molar-refractivity contribution in [1.82, 2.24) is 4.98 Å². The Hall–Kier alpha value is -5.77. The van der Waals surface area contributed by atoms with Crippen molar-refractivity contribution in [3.63, 3.8) is 0 Å². The second-order valence-corrected chi connectivity index (χ2v) is 12.2. The van der Waals surface area contributed by atoms with Gasteiger partial charge in [-0.05, 0) is 85.3 Å². The number of benzene rings is 4. The standard InChI is InChI=1S/C43H41NO8/c1-5-25-49-28(3)40(45)34-11-7-30(8-12-34)32-15-19-37(20-16-32)51-42(47)36-23-24-44-39(27-36)43(48)52-38-21-17-33(18-22-38)31-9-13-35(14-10-31)41(46)29(4)50-26-6-2/h7-24,27-29H,5-6,25-26H2,1-4H3. The fraction of sp³-hybridized carbons (Fsp3) is 0.233. The monoisotopic (exact) mass is 699 g/mol. The highest BCUT2D eigenvalue weighted by molar-refractivity contribution is 6.00. The van der Waals surface area contributed by atoms with E-state index in [4.69, 9.17) is 18.9 Å². The van der Waals surface area contributed by atoms with Gasteiger partial charge in [-0.15, -0.1) is 0 Å². The molecule has 0 N–H and O–H groups in total. The van der Waals surface area contributed by atoms with E-state index in [1.54, 1.807) is 74.5 Å². The van der Waals surface area contributed by atoms with Gasteiger partial charge in [-0.1, -0.05) is 86.6 Å². The van der Waals surface area contributed by atoms with Gasteiger partial charge in [-0.2, -0.15) is 0 Å². The van der Waals surface area contributed by atoms with Crippen molar-refractivity contribution < 1.29 is 38.1 Å². The lowest BCUT2D eigenvalue weighted by Crippen LogP contribution is -2.21. The summed E-state index contributed by atoms with van der Waals surface area (Å²) < 4.78 is 22.2. The smallest absolute Gasteiger partial charge is 0.362 e. The van der Waals surface area contributed by atoms with Crippen LogP contribution in [-0.2, 0) is 9.47 Å². The zero-order valence-corrected chi connectivity index (χ0v) is 29.7. The summed E-state index contributed by atoms with van der Waals surface area (Å²) in [4.78, 5) is 55.2. The van der Waals surface area contributed by atoms with Gasteiger partial charge < -0.3 is 18.9 Å². The fourth-order valence-electron chi connectivity index (χ4n) is 5.29.